The molecule has 6 atom stereocenters. The van der Waals surface area contributed by atoms with Crippen molar-refractivity contribution in [2.24, 2.45) is 0 Å². The average molecular weight is 624 g/mol. The maximum Gasteiger partial charge on any atom is 0.408 e. The van der Waals surface area contributed by atoms with Gasteiger partial charge in [-0.25, -0.2) is 29.3 Å². The number of aliphatic hydroxyl groups excluding tert-OH is 1. The highest BCUT2D eigenvalue weighted by atomic mass is 16.6. The standard InChI is InChI=1S/C27H41N7O10/c1-26(2,3)43-24(39)32-14(7-8-15(23(37)38)33-25(40)44-27(4,5)6)11-16-18(36)19(41-10-9-35)22(42-16)34-13-31-17-20(28)29-12-30-21(17)34/h9,12-16,18-19,22,36H,7-8,10-11H2,1-6H3,(H,32,39)(H,33,40)(H,37,38)(H2,28,29,30)/t14-,15-,16+,18?,19+,22+/m0/s1. The lowest BCUT2D eigenvalue weighted by Crippen LogP contribution is -2.46. The number of ether oxygens (including phenoxy) is 4. The van der Waals surface area contributed by atoms with E-state index in [4.69, 9.17) is 24.7 Å². The Balaban J connectivity index is 1.83. The number of aromatic nitrogens is 4. The van der Waals surface area contributed by atoms with E-state index >= 15 is 0 Å². The molecule has 2 amide bonds. The Morgan fingerprint density at radius 3 is 2.30 bits per heavy atom. The van der Waals surface area contributed by atoms with Crippen LogP contribution in [0.5, 0.6) is 0 Å². The highest BCUT2D eigenvalue weighted by Crippen LogP contribution is 2.36. The maximum absolute atomic E-state index is 12.7. The van der Waals surface area contributed by atoms with Crippen molar-refractivity contribution in [3.8, 4) is 0 Å². The molecule has 244 valence electrons. The minimum atomic E-state index is -1.35. The van der Waals surface area contributed by atoms with E-state index in [1.807, 2.05) is 0 Å². The zero-order valence-electron chi connectivity index (χ0n) is 25.6. The summed E-state index contributed by atoms with van der Waals surface area (Å²) >= 11 is 0. The summed E-state index contributed by atoms with van der Waals surface area (Å²) in [5, 5.41) is 26.0. The van der Waals surface area contributed by atoms with Gasteiger partial charge in [0, 0.05) is 6.04 Å². The second-order valence-electron chi connectivity index (χ2n) is 12.3. The SMILES string of the molecule is CC(C)(C)OC(=O)N[C@@H](CC[C@H](NC(=O)OC(C)(C)C)C(=O)O)C[C@H]1O[C@@H](n2cnc3c(N)ncnc32)[C@H](OCC=O)C1O. The van der Waals surface area contributed by atoms with Crippen molar-refractivity contribution >= 4 is 41.4 Å². The Morgan fingerprint density at radius 1 is 1.07 bits per heavy atom. The van der Waals surface area contributed by atoms with Gasteiger partial charge in [-0.05, 0) is 60.8 Å². The van der Waals surface area contributed by atoms with Crippen molar-refractivity contribution in [3.63, 3.8) is 0 Å². The summed E-state index contributed by atoms with van der Waals surface area (Å²) in [5.41, 5.74) is 4.83. The molecule has 1 saturated heterocycles. The first kappa shape index (κ1) is 34.4. The van der Waals surface area contributed by atoms with E-state index in [9.17, 15) is 29.4 Å². The fourth-order valence-electron chi connectivity index (χ4n) is 4.60. The number of amides is 2. The maximum atomic E-state index is 12.7. The summed E-state index contributed by atoms with van der Waals surface area (Å²) in [5.74, 6) is -1.18. The monoisotopic (exact) mass is 623 g/mol. The van der Waals surface area contributed by atoms with E-state index < -0.39 is 66.0 Å². The van der Waals surface area contributed by atoms with E-state index in [-0.39, 0.29) is 31.7 Å². The molecule has 0 bridgehead atoms. The normalized spacial score (nSPS) is 21.8. The minimum absolute atomic E-state index is 0.0274. The molecule has 2 aromatic heterocycles. The molecule has 6 N–H and O–H groups in total. The Hall–Kier alpha value is -4.09. The summed E-state index contributed by atoms with van der Waals surface area (Å²) in [6, 6.07) is -2.14. The highest BCUT2D eigenvalue weighted by Gasteiger charge is 2.47. The number of nitrogen functional groups attached to an aromatic ring is 1. The number of carbonyl (C=O) groups excluding carboxylic acids is 3. The molecule has 0 aliphatic carbocycles. The Labute approximate surface area is 253 Å². The van der Waals surface area contributed by atoms with Gasteiger partial charge in [-0.15, -0.1) is 0 Å². The van der Waals surface area contributed by atoms with E-state index in [0.717, 1.165) is 0 Å². The summed E-state index contributed by atoms with van der Waals surface area (Å²) in [4.78, 5) is 60.4. The lowest BCUT2D eigenvalue weighted by Gasteiger charge is -2.27. The molecule has 0 radical (unpaired) electrons. The van der Waals surface area contributed by atoms with Crippen molar-refractivity contribution in [3.05, 3.63) is 12.7 Å². The van der Waals surface area contributed by atoms with Gasteiger partial charge in [-0.1, -0.05) is 0 Å². The first-order chi connectivity index (χ1) is 20.5. The Morgan fingerprint density at radius 2 is 1.70 bits per heavy atom. The van der Waals surface area contributed by atoms with Crippen LogP contribution >= 0.6 is 0 Å². The quantitative estimate of drug-likeness (QED) is 0.209. The Kier molecular flexibility index (Phi) is 11.0. The van der Waals surface area contributed by atoms with Gasteiger partial charge in [0.05, 0.1) is 12.4 Å². The van der Waals surface area contributed by atoms with E-state index in [1.54, 1.807) is 41.5 Å². The van der Waals surface area contributed by atoms with Crippen LogP contribution in [0.25, 0.3) is 11.2 Å². The van der Waals surface area contributed by atoms with Crippen molar-refractivity contribution in [2.75, 3.05) is 12.3 Å². The smallest absolute Gasteiger partial charge is 0.408 e. The number of imidazole rings is 1. The van der Waals surface area contributed by atoms with Gasteiger partial charge in [0.2, 0.25) is 0 Å². The third kappa shape index (κ3) is 9.45. The number of nitrogens with one attached hydrogen (secondary N) is 2. The number of rotatable bonds is 12. The fourth-order valence-corrected chi connectivity index (χ4v) is 4.60. The lowest BCUT2D eigenvalue weighted by atomic mass is 9.97. The van der Waals surface area contributed by atoms with Crippen LogP contribution in [0.15, 0.2) is 12.7 Å². The van der Waals surface area contributed by atoms with Crippen LogP contribution in [0.2, 0.25) is 0 Å². The number of carbonyl (C=O) groups is 4. The molecular weight excluding hydrogens is 582 g/mol. The number of hydrogen-bond acceptors (Lipinski definition) is 13. The van der Waals surface area contributed by atoms with Gasteiger partial charge < -0.3 is 50.3 Å². The number of hydrogen-bond donors (Lipinski definition) is 5. The van der Waals surface area contributed by atoms with Gasteiger partial charge >= 0.3 is 18.2 Å². The largest absolute Gasteiger partial charge is 0.480 e. The topological polar surface area (TPSA) is 239 Å². The number of aliphatic carboxylic acids is 1. The molecule has 0 spiro atoms. The highest BCUT2D eigenvalue weighted by molar-refractivity contribution is 5.81. The molecule has 17 heteroatoms. The number of nitrogens with two attached hydrogens (primary N) is 1. The van der Waals surface area contributed by atoms with E-state index in [1.165, 1.54) is 17.2 Å². The zero-order valence-corrected chi connectivity index (χ0v) is 25.6. The Bertz CT molecular complexity index is 1320. The number of carboxylic acids is 1. The van der Waals surface area contributed by atoms with Gasteiger partial charge in [-0.2, -0.15) is 0 Å². The predicted octanol–water partition coefficient (Wildman–Crippen LogP) is 1.29. The summed E-state index contributed by atoms with van der Waals surface area (Å²) in [6.07, 6.45) is -2.97. The first-order valence-electron chi connectivity index (χ1n) is 14.0. The van der Waals surface area contributed by atoms with Gasteiger partial charge in [0.1, 0.15) is 54.2 Å². The molecule has 17 nitrogen and oxygen atoms in total. The second-order valence-corrected chi connectivity index (χ2v) is 12.3. The van der Waals surface area contributed by atoms with Crippen LogP contribution in [-0.4, -0.2) is 102 Å². The van der Waals surface area contributed by atoms with Crippen LogP contribution < -0.4 is 16.4 Å². The molecule has 44 heavy (non-hydrogen) atoms. The summed E-state index contributed by atoms with van der Waals surface area (Å²) < 4.78 is 23.9. The number of aliphatic hydroxyl groups is 1. The predicted molar refractivity (Wildman–Crippen MR) is 153 cm³/mol. The van der Waals surface area contributed by atoms with Crippen LogP contribution in [-0.2, 0) is 28.5 Å². The van der Waals surface area contributed by atoms with Crippen molar-refractivity contribution in [2.45, 2.75) is 109 Å². The van der Waals surface area contributed by atoms with Crippen LogP contribution in [0.3, 0.4) is 0 Å². The molecule has 0 aromatic carbocycles. The van der Waals surface area contributed by atoms with Crippen LogP contribution in [0, 0.1) is 0 Å². The number of carboxylic acid groups (broad SMARTS) is 1. The first-order valence-corrected chi connectivity index (χ1v) is 14.0. The van der Waals surface area contributed by atoms with Crippen LogP contribution in [0.1, 0.15) is 67.0 Å². The average Bonchev–Trinajstić information content (AvgIpc) is 3.44. The molecule has 1 aliphatic heterocycles. The van der Waals surface area contributed by atoms with Gasteiger partial charge in [0.15, 0.2) is 17.7 Å². The number of fused-ring (bicyclic) bond motifs is 1. The van der Waals surface area contributed by atoms with Crippen LogP contribution in [0.4, 0.5) is 15.4 Å². The molecule has 1 unspecified atom stereocenters. The summed E-state index contributed by atoms with van der Waals surface area (Å²) in [7, 11) is 0. The number of aldehydes is 1. The summed E-state index contributed by atoms with van der Waals surface area (Å²) in [6.45, 7) is 9.64. The molecular formula is C27H41N7O10. The molecule has 0 saturated carbocycles. The van der Waals surface area contributed by atoms with Crippen molar-refractivity contribution in [1.29, 1.82) is 0 Å². The number of alkyl carbamates (subject to hydrolysis) is 2. The third-order valence-corrected chi connectivity index (χ3v) is 6.36. The van der Waals surface area contributed by atoms with Crippen molar-refractivity contribution < 1.29 is 48.3 Å². The fraction of sp³-hybridized carbons (Fsp3) is 0.667. The number of anilines is 1. The second kappa shape index (κ2) is 14.1. The molecule has 3 rings (SSSR count). The van der Waals surface area contributed by atoms with Gasteiger partial charge in [0.25, 0.3) is 0 Å². The molecule has 2 aromatic rings. The zero-order chi connectivity index (χ0) is 32.8. The van der Waals surface area contributed by atoms with E-state index in [0.29, 0.717) is 17.5 Å². The van der Waals surface area contributed by atoms with E-state index in [2.05, 4.69) is 25.6 Å². The third-order valence-electron chi connectivity index (χ3n) is 6.36. The number of nitrogens with zero attached hydrogens (tertiary/aromatic N) is 4. The lowest BCUT2D eigenvalue weighted by molar-refractivity contribution is -0.139. The molecule has 3 heterocycles. The van der Waals surface area contributed by atoms with Crippen molar-refractivity contribution in [1.82, 2.24) is 30.2 Å². The molecule has 1 fully saturated rings. The molecule has 1 aliphatic rings. The minimum Gasteiger partial charge on any atom is -0.480 e. The van der Waals surface area contributed by atoms with Gasteiger partial charge in [-0.3, -0.25) is 4.57 Å².